The van der Waals surface area contributed by atoms with E-state index in [1.54, 1.807) is 0 Å². The fraction of sp³-hybridized carbons (Fsp3) is 0.250. The molecular formula is C8H6F3NO2. The zero-order valence-corrected chi connectivity index (χ0v) is 7.13. The van der Waals surface area contributed by atoms with Gasteiger partial charge in [-0.15, -0.1) is 4.91 Å². The molecule has 6 heteroatoms. The van der Waals surface area contributed by atoms with Crippen molar-refractivity contribution in [3.05, 3.63) is 28.7 Å². The number of benzene rings is 1. The molecule has 1 aromatic rings. The Balaban J connectivity index is 3.36. The van der Waals surface area contributed by atoms with Crippen LogP contribution in [-0.2, 0) is 6.18 Å². The highest BCUT2D eigenvalue weighted by atomic mass is 19.4. The van der Waals surface area contributed by atoms with E-state index in [1.165, 1.54) is 0 Å². The second-order valence-corrected chi connectivity index (χ2v) is 2.45. The molecule has 0 amide bonds. The molecule has 0 aromatic heterocycles. The molecule has 0 aliphatic rings. The van der Waals surface area contributed by atoms with Gasteiger partial charge in [-0.3, -0.25) is 0 Å². The molecule has 0 radical (unpaired) electrons. The minimum Gasteiger partial charge on any atom is -0.494 e. The van der Waals surface area contributed by atoms with Crippen LogP contribution in [0.5, 0.6) is 5.75 Å². The van der Waals surface area contributed by atoms with Crippen molar-refractivity contribution in [3.8, 4) is 5.75 Å². The second kappa shape index (κ2) is 3.65. The van der Waals surface area contributed by atoms with Gasteiger partial charge in [0.25, 0.3) is 0 Å². The zero-order valence-electron chi connectivity index (χ0n) is 7.13. The van der Waals surface area contributed by atoms with Gasteiger partial charge in [0.1, 0.15) is 5.69 Å². The average molecular weight is 205 g/mol. The van der Waals surface area contributed by atoms with Crippen LogP contribution in [0.2, 0.25) is 0 Å². The number of para-hydroxylation sites is 1. The van der Waals surface area contributed by atoms with Crippen LogP contribution < -0.4 is 4.74 Å². The third-order valence-electron chi connectivity index (χ3n) is 1.60. The highest BCUT2D eigenvalue weighted by Gasteiger charge is 2.35. The van der Waals surface area contributed by atoms with E-state index in [0.717, 1.165) is 25.3 Å². The highest BCUT2D eigenvalue weighted by Crippen LogP contribution is 2.41. The number of alkyl halides is 3. The third-order valence-corrected chi connectivity index (χ3v) is 1.60. The lowest BCUT2D eigenvalue weighted by Gasteiger charge is -2.11. The minimum absolute atomic E-state index is 0.359. The van der Waals surface area contributed by atoms with E-state index < -0.39 is 17.5 Å². The monoisotopic (exact) mass is 205 g/mol. The number of hydrogen-bond acceptors (Lipinski definition) is 3. The Morgan fingerprint density at radius 2 is 2.00 bits per heavy atom. The van der Waals surface area contributed by atoms with Crippen molar-refractivity contribution < 1.29 is 17.9 Å². The molecule has 0 aliphatic heterocycles. The number of methoxy groups -OCH3 is 1. The molecule has 1 aromatic carbocycles. The van der Waals surface area contributed by atoms with Crippen molar-refractivity contribution >= 4 is 5.69 Å². The predicted octanol–water partition coefficient (Wildman–Crippen LogP) is 3.11. The molecule has 0 unspecified atom stereocenters. The van der Waals surface area contributed by atoms with Gasteiger partial charge in [-0.1, -0.05) is 6.07 Å². The Kier molecular flexibility index (Phi) is 2.73. The molecule has 0 bridgehead atoms. The van der Waals surface area contributed by atoms with Gasteiger partial charge in [0.05, 0.1) is 12.7 Å². The molecule has 1 rings (SSSR count). The molecule has 0 N–H and O–H groups in total. The predicted molar refractivity (Wildman–Crippen MR) is 43.5 cm³/mol. The lowest BCUT2D eigenvalue weighted by molar-refractivity contribution is -0.138. The molecule has 3 nitrogen and oxygen atoms in total. The number of nitroso groups, excluding NO2 is 1. The average Bonchev–Trinajstić information content (AvgIpc) is 2.15. The Morgan fingerprint density at radius 1 is 1.36 bits per heavy atom. The van der Waals surface area contributed by atoms with Crippen LogP contribution >= 0.6 is 0 Å². The van der Waals surface area contributed by atoms with Crippen molar-refractivity contribution in [1.82, 2.24) is 0 Å². The van der Waals surface area contributed by atoms with Crippen molar-refractivity contribution in [2.24, 2.45) is 5.18 Å². The molecule has 14 heavy (non-hydrogen) atoms. The summed E-state index contributed by atoms with van der Waals surface area (Å²) in [5, 5.41) is 2.44. The van der Waals surface area contributed by atoms with Gasteiger partial charge in [0.2, 0.25) is 0 Å². The third kappa shape index (κ3) is 1.84. The summed E-state index contributed by atoms with van der Waals surface area (Å²) in [7, 11) is 1.05. The van der Waals surface area contributed by atoms with E-state index >= 15 is 0 Å². The Morgan fingerprint density at radius 3 is 2.43 bits per heavy atom. The van der Waals surface area contributed by atoms with Crippen molar-refractivity contribution in [2.45, 2.75) is 6.18 Å². The maximum Gasteiger partial charge on any atom is 0.420 e. The molecular weight excluding hydrogens is 199 g/mol. The Labute approximate surface area is 77.5 Å². The molecule has 0 spiro atoms. The van der Waals surface area contributed by atoms with Gasteiger partial charge in [0, 0.05) is 0 Å². The standard InChI is InChI=1S/C8H6F3NO2/c1-14-7-5(8(9,10)11)3-2-4-6(7)12-13/h2-4H,1H3. The molecule has 0 saturated heterocycles. The molecule has 0 saturated carbocycles. The fourth-order valence-corrected chi connectivity index (χ4v) is 1.03. The maximum absolute atomic E-state index is 12.3. The first-order chi connectivity index (χ1) is 6.50. The Hall–Kier alpha value is -1.59. The van der Waals surface area contributed by atoms with Gasteiger partial charge < -0.3 is 4.74 Å². The molecule has 0 atom stereocenters. The molecule has 0 heterocycles. The highest BCUT2D eigenvalue weighted by molar-refractivity contribution is 5.56. The van der Waals surface area contributed by atoms with Crippen LogP contribution in [0.1, 0.15) is 5.56 Å². The summed E-state index contributed by atoms with van der Waals surface area (Å²) in [5.74, 6) is -0.546. The zero-order chi connectivity index (χ0) is 10.8. The van der Waals surface area contributed by atoms with Crippen LogP contribution in [0, 0.1) is 4.91 Å². The van der Waals surface area contributed by atoms with E-state index in [4.69, 9.17) is 0 Å². The van der Waals surface area contributed by atoms with E-state index in [9.17, 15) is 18.1 Å². The van der Waals surface area contributed by atoms with E-state index in [1.807, 2.05) is 0 Å². The lowest BCUT2D eigenvalue weighted by Crippen LogP contribution is -2.07. The van der Waals surface area contributed by atoms with Crippen LogP contribution in [0.15, 0.2) is 23.4 Å². The van der Waals surface area contributed by atoms with Gasteiger partial charge in [0.15, 0.2) is 5.75 Å². The Bertz CT molecular complexity index is 349. The van der Waals surface area contributed by atoms with E-state index in [-0.39, 0.29) is 5.69 Å². The van der Waals surface area contributed by atoms with E-state index in [2.05, 4.69) is 9.91 Å². The number of rotatable bonds is 2. The normalized spacial score (nSPS) is 11.1. The quantitative estimate of drug-likeness (QED) is 0.695. The summed E-state index contributed by atoms with van der Waals surface area (Å²) in [5.41, 5.74) is -1.36. The van der Waals surface area contributed by atoms with Crippen LogP contribution in [0.3, 0.4) is 0 Å². The minimum atomic E-state index is -4.55. The summed E-state index contributed by atoms with van der Waals surface area (Å²) in [6.07, 6.45) is -4.55. The smallest absolute Gasteiger partial charge is 0.420 e. The van der Waals surface area contributed by atoms with Gasteiger partial charge in [-0.25, -0.2) is 0 Å². The SMILES string of the molecule is COc1c(N=O)cccc1C(F)(F)F. The number of hydrogen-bond donors (Lipinski definition) is 0. The molecule has 76 valence electrons. The van der Waals surface area contributed by atoms with Crippen molar-refractivity contribution in [1.29, 1.82) is 0 Å². The maximum atomic E-state index is 12.3. The number of halogens is 3. The van der Waals surface area contributed by atoms with E-state index in [0.29, 0.717) is 0 Å². The number of ether oxygens (including phenoxy) is 1. The summed E-state index contributed by atoms with van der Waals surface area (Å²) in [4.78, 5) is 10.2. The lowest BCUT2D eigenvalue weighted by atomic mass is 10.1. The first kappa shape index (κ1) is 10.5. The second-order valence-electron chi connectivity index (χ2n) is 2.45. The summed E-state index contributed by atoms with van der Waals surface area (Å²) in [6, 6.07) is 3.08. The van der Waals surface area contributed by atoms with Gasteiger partial charge in [-0.2, -0.15) is 13.2 Å². The summed E-state index contributed by atoms with van der Waals surface area (Å²) < 4.78 is 41.5. The van der Waals surface area contributed by atoms with Crippen LogP contribution in [-0.4, -0.2) is 7.11 Å². The van der Waals surface area contributed by atoms with Gasteiger partial charge in [-0.05, 0) is 17.3 Å². The number of nitrogens with zero attached hydrogens (tertiary/aromatic N) is 1. The van der Waals surface area contributed by atoms with Crippen LogP contribution in [0.25, 0.3) is 0 Å². The van der Waals surface area contributed by atoms with Crippen LogP contribution in [0.4, 0.5) is 18.9 Å². The first-order valence-corrected chi connectivity index (χ1v) is 3.58. The van der Waals surface area contributed by atoms with Gasteiger partial charge >= 0.3 is 6.18 Å². The topological polar surface area (TPSA) is 38.7 Å². The molecule has 0 aliphatic carbocycles. The summed E-state index contributed by atoms with van der Waals surface area (Å²) >= 11 is 0. The summed E-state index contributed by atoms with van der Waals surface area (Å²) in [6.45, 7) is 0. The van der Waals surface area contributed by atoms with Crippen molar-refractivity contribution in [2.75, 3.05) is 7.11 Å². The fourth-order valence-electron chi connectivity index (χ4n) is 1.03. The molecule has 0 fully saturated rings. The first-order valence-electron chi connectivity index (χ1n) is 3.58. The van der Waals surface area contributed by atoms with Crippen molar-refractivity contribution in [3.63, 3.8) is 0 Å². The largest absolute Gasteiger partial charge is 0.494 e.